The first-order valence-corrected chi connectivity index (χ1v) is 3.36. The van der Waals surface area contributed by atoms with Crippen LogP contribution >= 0.6 is 0 Å². The van der Waals surface area contributed by atoms with Gasteiger partial charge in [-0.1, -0.05) is 0 Å². The monoisotopic (exact) mass is 210 g/mol. The first-order valence-electron chi connectivity index (χ1n) is 3.36. The minimum Gasteiger partial charge on any atom is -0.504 e. The van der Waals surface area contributed by atoms with Crippen molar-refractivity contribution < 1.29 is 28.2 Å². The number of aromatic hydroxyl groups is 1. The van der Waals surface area contributed by atoms with Crippen molar-refractivity contribution in [1.82, 2.24) is 9.78 Å². The molecule has 0 aromatic carbocycles. The molecule has 0 spiro atoms. The van der Waals surface area contributed by atoms with E-state index in [0.29, 0.717) is 10.9 Å². The zero-order valence-corrected chi connectivity index (χ0v) is 6.62. The van der Waals surface area contributed by atoms with Gasteiger partial charge >= 0.3 is 12.1 Å². The molecular weight excluding hydrogens is 205 g/mol. The maximum atomic E-state index is 11.8. The lowest BCUT2D eigenvalue weighted by Crippen LogP contribution is -2.18. The summed E-state index contributed by atoms with van der Waals surface area (Å²) in [6, 6.07) is 0. The molecule has 0 amide bonds. The van der Waals surface area contributed by atoms with Crippen LogP contribution in [-0.4, -0.2) is 32.1 Å². The van der Waals surface area contributed by atoms with E-state index in [0.717, 1.165) is 0 Å². The summed E-state index contributed by atoms with van der Waals surface area (Å²) in [4.78, 5) is 10.3. The lowest BCUT2D eigenvalue weighted by molar-refractivity contribution is -0.142. The van der Waals surface area contributed by atoms with Gasteiger partial charge in [-0.2, -0.15) is 18.3 Å². The molecule has 5 nitrogen and oxygen atoms in total. The van der Waals surface area contributed by atoms with Crippen LogP contribution < -0.4 is 0 Å². The molecule has 0 aliphatic rings. The van der Waals surface area contributed by atoms with E-state index < -0.39 is 30.1 Å². The smallest absolute Gasteiger partial charge is 0.408 e. The molecule has 0 aliphatic carbocycles. The van der Waals surface area contributed by atoms with Crippen LogP contribution in [0.3, 0.4) is 0 Å². The predicted octanol–water partition coefficient (Wildman–Crippen LogP) is 0.849. The number of alkyl halides is 3. The molecule has 8 heteroatoms. The minimum atomic E-state index is -4.51. The second-order valence-corrected chi connectivity index (χ2v) is 2.48. The number of halogens is 3. The molecule has 1 aromatic rings. The summed E-state index contributed by atoms with van der Waals surface area (Å²) >= 11 is 0. The molecule has 0 atom stereocenters. The number of nitrogens with zero attached hydrogens (tertiary/aromatic N) is 2. The van der Waals surface area contributed by atoms with Crippen LogP contribution in [0.1, 0.15) is 10.5 Å². The van der Waals surface area contributed by atoms with Gasteiger partial charge < -0.3 is 10.2 Å². The lowest BCUT2D eigenvalue weighted by atomic mass is 10.4. The first-order chi connectivity index (χ1) is 6.29. The third-order valence-corrected chi connectivity index (χ3v) is 1.29. The minimum absolute atomic E-state index is 0.318. The van der Waals surface area contributed by atoms with Crippen LogP contribution in [0.5, 0.6) is 5.75 Å². The van der Waals surface area contributed by atoms with Crippen molar-refractivity contribution in [2.24, 2.45) is 0 Å². The molecule has 0 unspecified atom stereocenters. The molecular formula is C6H5F3N2O3. The highest BCUT2D eigenvalue weighted by molar-refractivity contribution is 5.88. The Bertz CT molecular complexity index is 358. The van der Waals surface area contributed by atoms with Crippen molar-refractivity contribution in [3.05, 3.63) is 11.9 Å². The molecule has 2 N–H and O–H groups in total. The van der Waals surface area contributed by atoms with Gasteiger partial charge in [-0.05, 0) is 0 Å². The molecule has 1 rings (SSSR count). The highest BCUT2D eigenvalue weighted by Gasteiger charge is 2.29. The maximum Gasteiger partial charge on any atom is 0.408 e. The number of aromatic carboxylic acids is 1. The number of carbonyl (C=O) groups is 1. The molecule has 0 saturated carbocycles. The summed E-state index contributed by atoms with van der Waals surface area (Å²) in [5.74, 6) is -2.37. The van der Waals surface area contributed by atoms with Gasteiger partial charge in [0.2, 0.25) is 5.69 Å². The average molecular weight is 210 g/mol. The molecule has 1 heterocycles. The van der Waals surface area contributed by atoms with Crippen LogP contribution in [0, 0.1) is 0 Å². The SMILES string of the molecule is O=C(O)c1nn(CC(F)(F)F)cc1O. The van der Waals surface area contributed by atoms with Crippen molar-refractivity contribution in [2.75, 3.05) is 0 Å². The fourth-order valence-electron chi connectivity index (χ4n) is 0.828. The molecule has 1 aromatic heterocycles. The van der Waals surface area contributed by atoms with E-state index in [2.05, 4.69) is 5.10 Å². The molecule has 0 aliphatic heterocycles. The fraction of sp³-hybridized carbons (Fsp3) is 0.333. The molecule has 0 saturated heterocycles. The highest BCUT2D eigenvalue weighted by Crippen LogP contribution is 2.20. The standard InChI is InChI=1S/C6H5F3N2O3/c7-6(8,9)2-11-1-3(12)4(10-11)5(13)14/h1,12H,2H2,(H,13,14). The van der Waals surface area contributed by atoms with Gasteiger partial charge in [0, 0.05) is 0 Å². The predicted molar refractivity (Wildman–Crippen MR) is 36.9 cm³/mol. The Hall–Kier alpha value is -1.73. The van der Waals surface area contributed by atoms with E-state index in [-0.39, 0.29) is 0 Å². The Balaban J connectivity index is 2.92. The summed E-state index contributed by atoms with van der Waals surface area (Å²) in [7, 11) is 0. The molecule has 14 heavy (non-hydrogen) atoms. The van der Waals surface area contributed by atoms with Crippen molar-refractivity contribution >= 4 is 5.97 Å². The average Bonchev–Trinajstić information content (AvgIpc) is 2.26. The largest absolute Gasteiger partial charge is 0.504 e. The second kappa shape index (κ2) is 3.20. The van der Waals surface area contributed by atoms with E-state index >= 15 is 0 Å². The van der Waals surface area contributed by atoms with Gasteiger partial charge in [0.15, 0.2) is 5.75 Å². The van der Waals surface area contributed by atoms with Gasteiger partial charge in [0.1, 0.15) is 6.54 Å². The zero-order valence-electron chi connectivity index (χ0n) is 6.62. The quantitative estimate of drug-likeness (QED) is 0.758. The van der Waals surface area contributed by atoms with Gasteiger partial charge in [-0.15, -0.1) is 0 Å². The Morgan fingerprint density at radius 1 is 1.57 bits per heavy atom. The number of hydrogen-bond donors (Lipinski definition) is 2. The van der Waals surface area contributed by atoms with Crippen LogP contribution in [0.2, 0.25) is 0 Å². The van der Waals surface area contributed by atoms with Crippen molar-refractivity contribution in [3.8, 4) is 5.75 Å². The Morgan fingerprint density at radius 3 is 2.50 bits per heavy atom. The zero-order chi connectivity index (χ0) is 10.9. The van der Waals surface area contributed by atoms with Gasteiger partial charge in [0.05, 0.1) is 6.20 Å². The maximum absolute atomic E-state index is 11.8. The third-order valence-electron chi connectivity index (χ3n) is 1.29. The van der Waals surface area contributed by atoms with Crippen molar-refractivity contribution in [1.29, 1.82) is 0 Å². The van der Waals surface area contributed by atoms with E-state index in [4.69, 9.17) is 10.2 Å². The number of aromatic nitrogens is 2. The summed E-state index contributed by atoms with van der Waals surface area (Å²) in [6.45, 7) is -1.44. The Labute approximate surface area is 75.4 Å². The van der Waals surface area contributed by atoms with Crippen LogP contribution in [-0.2, 0) is 6.54 Å². The highest BCUT2D eigenvalue weighted by atomic mass is 19.4. The van der Waals surface area contributed by atoms with E-state index in [1.165, 1.54) is 0 Å². The van der Waals surface area contributed by atoms with E-state index in [9.17, 15) is 18.0 Å². The van der Waals surface area contributed by atoms with Gasteiger partial charge in [0.25, 0.3) is 0 Å². The van der Waals surface area contributed by atoms with E-state index in [1.54, 1.807) is 0 Å². The van der Waals surface area contributed by atoms with Gasteiger partial charge in [-0.25, -0.2) is 4.79 Å². The lowest BCUT2D eigenvalue weighted by Gasteiger charge is -2.04. The fourth-order valence-corrected chi connectivity index (χ4v) is 0.828. The number of rotatable bonds is 2. The number of carboxylic acids is 1. The summed E-state index contributed by atoms with van der Waals surface area (Å²) in [5.41, 5.74) is -0.797. The Morgan fingerprint density at radius 2 is 2.14 bits per heavy atom. The molecule has 0 fully saturated rings. The first kappa shape index (κ1) is 10.4. The van der Waals surface area contributed by atoms with Crippen molar-refractivity contribution in [3.63, 3.8) is 0 Å². The summed E-state index contributed by atoms with van der Waals surface area (Å²) in [5, 5.41) is 20.3. The van der Waals surface area contributed by atoms with Gasteiger partial charge in [-0.3, -0.25) is 4.68 Å². The summed E-state index contributed by atoms with van der Waals surface area (Å²) in [6.07, 6.45) is -3.90. The Kier molecular flexibility index (Phi) is 2.37. The van der Waals surface area contributed by atoms with Crippen LogP contribution in [0.25, 0.3) is 0 Å². The second-order valence-electron chi connectivity index (χ2n) is 2.48. The van der Waals surface area contributed by atoms with Crippen LogP contribution in [0.15, 0.2) is 6.20 Å². The van der Waals surface area contributed by atoms with E-state index in [1.807, 2.05) is 0 Å². The third kappa shape index (κ3) is 2.38. The number of carboxylic acid groups (broad SMARTS) is 1. The topological polar surface area (TPSA) is 75.3 Å². The number of hydrogen-bond acceptors (Lipinski definition) is 3. The van der Waals surface area contributed by atoms with Crippen LogP contribution in [0.4, 0.5) is 13.2 Å². The molecule has 0 radical (unpaired) electrons. The molecule has 78 valence electrons. The van der Waals surface area contributed by atoms with Crippen molar-refractivity contribution in [2.45, 2.75) is 12.7 Å². The normalized spacial score (nSPS) is 11.6. The molecule has 0 bridgehead atoms. The summed E-state index contributed by atoms with van der Waals surface area (Å²) < 4.78 is 35.7.